The quantitative estimate of drug-likeness (QED) is 0.545. The molecule has 160 valence electrons. The summed E-state index contributed by atoms with van der Waals surface area (Å²) in [6.45, 7) is -0.560. The van der Waals surface area contributed by atoms with Gasteiger partial charge in [-0.3, -0.25) is 13.8 Å². The molecule has 0 fully saturated rings. The minimum Gasteiger partial charge on any atom is -0.490 e. The van der Waals surface area contributed by atoms with Crippen LogP contribution in [0.5, 0.6) is 5.75 Å². The second-order valence-corrected chi connectivity index (χ2v) is 6.97. The topological polar surface area (TPSA) is 61.0 Å². The van der Waals surface area contributed by atoms with Gasteiger partial charge < -0.3 is 10.5 Å². The van der Waals surface area contributed by atoms with Crippen molar-refractivity contribution in [3.63, 3.8) is 0 Å². The fourth-order valence-electron chi connectivity index (χ4n) is 2.74. The van der Waals surface area contributed by atoms with Gasteiger partial charge in [0.1, 0.15) is 23.7 Å². The Balaban J connectivity index is 2.23. The number of nitrogens with two attached hydrogens (primary N) is 1. The van der Waals surface area contributed by atoms with Crippen molar-refractivity contribution in [2.75, 3.05) is 20.0 Å². The van der Waals surface area contributed by atoms with Crippen molar-refractivity contribution in [1.82, 2.24) is 9.97 Å². The molecule has 2 rings (SSSR count). The van der Waals surface area contributed by atoms with Crippen LogP contribution in [-0.2, 0) is 0 Å². The van der Waals surface area contributed by atoms with Crippen LogP contribution in [0.4, 0.5) is 26.3 Å². The van der Waals surface area contributed by atoms with E-state index in [1.165, 1.54) is 25.1 Å². The number of hydrogen-bond acceptors (Lipinski definition) is 4. The number of hydrogen-bond donors (Lipinski definition) is 1. The summed E-state index contributed by atoms with van der Waals surface area (Å²) in [5.41, 5.74) is 3.85. The third-order valence-electron chi connectivity index (χ3n) is 4.14. The van der Waals surface area contributed by atoms with E-state index >= 15 is 0 Å². The van der Waals surface area contributed by atoms with Crippen molar-refractivity contribution < 1.29 is 31.1 Å². The number of nitrogens with zero attached hydrogens (tertiary/aromatic N) is 2. The predicted molar refractivity (Wildman–Crippen MR) is 95.5 cm³/mol. The number of ether oxygens (including phenoxy) is 1. The number of halogens is 6. The van der Waals surface area contributed by atoms with Gasteiger partial charge in [0, 0.05) is 23.2 Å². The van der Waals surface area contributed by atoms with Gasteiger partial charge in [0.25, 0.3) is 12.9 Å². The van der Waals surface area contributed by atoms with Gasteiger partial charge in [-0.1, -0.05) is 0 Å². The van der Waals surface area contributed by atoms with Gasteiger partial charge in [-0.2, -0.15) is 0 Å². The van der Waals surface area contributed by atoms with Crippen LogP contribution >= 0.6 is 0 Å². The fourth-order valence-corrected chi connectivity index (χ4v) is 2.74. The molecule has 0 spiro atoms. The first-order chi connectivity index (χ1) is 13.7. The van der Waals surface area contributed by atoms with Gasteiger partial charge in [0.05, 0.1) is 19.0 Å². The maximum absolute atomic E-state index is 13.5. The van der Waals surface area contributed by atoms with E-state index in [4.69, 9.17) is 10.5 Å². The SMILES string of the molecule is C[C@@](N)(COc1ccc(-c2ccnc(C(F)F)c2)nc1C(F)F)CC(CF)CF. The summed E-state index contributed by atoms with van der Waals surface area (Å²) in [7, 11) is 0. The zero-order valence-electron chi connectivity index (χ0n) is 15.6. The zero-order valence-corrected chi connectivity index (χ0v) is 15.6. The van der Waals surface area contributed by atoms with Crippen LogP contribution in [0, 0.1) is 5.92 Å². The van der Waals surface area contributed by atoms with E-state index in [2.05, 4.69) is 9.97 Å². The van der Waals surface area contributed by atoms with Gasteiger partial charge in [-0.25, -0.2) is 22.5 Å². The first kappa shape index (κ1) is 22.9. The normalized spacial score (nSPS) is 13.9. The van der Waals surface area contributed by atoms with Crippen molar-refractivity contribution in [3.05, 3.63) is 41.9 Å². The molecule has 0 radical (unpaired) electrons. The number of alkyl halides is 6. The van der Waals surface area contributed by atoms with Crippen LogP contribution in [0.1, 0.15) is 37.6 Å². The molecule has 4 nitrogen and oxygen atoms in total. The van der Waals surface area contributed by atoms with Crippen LogP contribution in [0.2, 0.25) is 0 Å². The Morgan fingerprint density at radius 2 is 1.76 bits per heavy atom. The number of rotatable bonds is 10. The molecule has 0 amide bonds. The Morgan fingerprint density at radius 3 is 2.34 bits per heavy atom. The molecule has 0 saturated heterocycles. The zero-order chi connectivity index (χ0) is 21.6. The lowest BCUT2D eigenvalue weighted by Gasteiger charge is -2.27. The van der Waals surface area contributed by atoms with Crippen molar-refractivity contribution in [2.24, 2.45) is 11.7 Å². The molecule has 2 aromatic heterocycles. The first-order valence-corrected chi connectivity index (χ1v) is 8.74. The van der Waals surface area contributed by atoms with E-state index in [1.807, 2.05) is 0 Å². The summed E-state index contributed by atoms with van der Waals surface area (Å²) in [4.78, 5) is 7.34. The molecule has 0 bridgehead atoms. The average molecular weight is 421 g/mol. The van der Waals surface area contributed by atoms with E-state index in [-0.39, 0.29) is 30.0 Å². The Labute approximate surface area is 164 Å². The Morgan fingerprint density at radius 1 is 1.07 bits per heavy atom. The first-order valence-electron chi connectivity index (χ1n) is 8.74. The second kappa shape index (κ2) is 9.91. The molecule has 0 aromatic carbocycles. The van der Waals surface area contributed by atoms with Gasteiger partial charge in [-0.05, 0) is 37.6 Å². The summed E-state index contributed by atoms with van der Waals surface area (Å²) in [6.07, 6.45) is -4.72. The highest BCUT2D eigenvalue weighted by Crippen LogP contribution is 2.32. The summed E-state index contributed by atoms with van der Waals surface area (Å²) in [5.74, 6) is -1.15. The van der Waals surface area contributed by atoms with E-state index in [1.54, 1.807) is 0 Å². The van der Waals surface area contributed by atoms with Gasteiger partial charge in [0.2, 0.25) is 0 Å². The maximum atomic E-state index is 13.5. The molecule has 0 unspecified atom stereocenters. The van der Waals surface area contributed by atoms with E-state index < -0.39 is 49.0 Å². The Bertz CT molecular complexity index is 799. The summed E-state index contributed by atoms with van der Waals surface area (Å²) in [6, 6.07) is 5.00. The second-order valence-electron chi connectivity index (χ2n) is 6.97. The molecule has 2 aromatic rings. The molecular formula is C19H21F6N3O. The van der Waals surface area contributed by atoms with Crippen molar-refractivity contribution in [2.45, 2.75) is 31.7 Å². The standard InChI is InChI=1S/C19H21F6N3O/c1-19(26,7-11(8-20)9-21)10-29-15-3-2-13(28-16(15)18(24)25)12-4-5-27-14(6-12)17(22)23/h2-6,11,17-18H,7-10,26H2,1H3/t19-/m0/s1. The van der Waals surface area contributed by atoms with Gasteiger partial charge in [0.15, 0.2) is 0 Å². The van der Waals surface area contributed by atoms with Crippen molar-refractivity contribution >= 4 is 0 Å². The van der Waals surface area contributed by atoms with Gasteiger partial charge in [-0.15, -0.1) is 0 Å². The molecular weight excluding hydrogens is 400 g/mol. The highest BCUT2D eigenvalue weighted by molar-refractivity contribution is 5.60. The number of pyridine rings is 2. The molecule has 2 heterocycles. The third kappa shape index (κ3) is 6.31. The molecule has 1 atom stereocenters. The number of aromatic nitrogens is 2. The van der Waals surface area contributed by atoms with Crippen molar-refractivity contribution in [3.8, 4) is 17.0 Å². The highest BCUT2D eigenvalue weighted by Gasteiger charge is 2.27. The van der Waals surface area contributed by atoms with E-state index in [0.717, 1.165) is 12.3 Å². The van der Waals surface area contributed by atoms with Crippen LogP contribution in [-0.4, -0.2) is 35.5 Å². The van der Waals surface area contributed by atoms with E-state index in [9.17, 15) is 26.3 Å². The monoisotopic (exact) mass is 421 g/mol. The Hall–Kier alpha value is -2.36. The average Bonchev–Trinajstić information content (AvgIpc) is 2.70. The molecule has 2 N–H and O–H groups in total. The molecule has 0 aliphatic heterocycles. The minimum atomic E-state index is -3.00. The fraction of sp³-hybridized carbons (Fsp3) is 0.474. The van der Waals surface area contributed by atoms with Crippen molar-refractivity contribution in [1.29, 1.82) is 0 Å². The van der Waals surface area contributed by atoms with E-state index in [0.29, 0.717) is 0 Å². The smallest absolute Gasteiger partial charge is 0.284 e. The molecule has 0 saturated carbocycles. The lowest BCUT2D eigenvalue weighted by molar-refractivity contribution is 0.131. The minimum absolute atomic E-state index is 0.0387. The summed E-state index contributed by atoms with van der Waals surface area (Å²) in [5, 5.41) is 0. The molecule has 29 heavy (non-hydrogen) atoms. The molecule has 0 aliphatic rings. The third-order valence-corrected chi connectivity index (χ3v) is 4.14. The van der Waals surface area contributed by atoms with Crippen LogP contribution in [0.3, 0.4) is 0 Å². The molecule has 0 aliphatic carbocycles. The van der Waals surface area contributed by atoms with Crippen LogP contribution in [0.25, 0.3) is 11.3 Å². The summed E-state index contributed by atoms with van der Waals surface area (Å²) < 4.78 is 83.3. The summed E-state index contributed by atoms with van der Waals surface area (Å²) >= 11 is 0. The lowest BCUT2D eigenvalue weighted by atomic mass is 9.92. The highest BCUT2D eigenvalue weighted by atomic mass is 19.3. The lowest BCUT2D eigenvalue weighted by Crippen LogP contribution is -2.44. The van der Waals surface area contributed by atoms with Crippen LogP contribution in [0.15, 0.2) is 30.5 Å². The predicted octanol–water partition coefficient (Wildman–Crippen LogP) is 5.06. The molecule has 10 heteroatoms. The Kier molecular flexibility index (Phi) is 7.83. The van der Waals surface area contributed by atoms with Crippen LogP contribution < -0.4 is 10.5 Å². The maximum Gasteiger partial charge on any atom is 0.284 e. The van der Waals surface area contributed by atoms with Gasteiger partial charge >= 0.3 is 0 Å². The largest absolute Gasteiger partial charge is 0.490 e.